The van der Waals surface area contributed by atoms with Gasteiger partial charge in [0.25, 0.3) is 0 Å². The fraction of sp³-hybridized carbons (Fsp3) is 0.0435. The number of aryl methyl sites for hydroxylation is 1. The van der Waals surface area contributed by atoms with Crippen LogP contribution in [0.2, 0.25) is 0 Å². The van der Waals surface area contributed by atoms with Gasteiger partial charge >= 0.3 is 5.97 Å². The summed E-state index contributed by atoms with van der Waals surface area (Å²) < 4.78 is 7.49. The first-order valence-electron chi connectivity index (χ1n) is 8.65. The average Bonchev–Trinajstić information content (AvgIpc) is 2.69. The lowest BCUT2D eigenvalue weighted by molar-refractivity contribution is 0.0737. The van der Waals surface area contributed by atoms with Crippen LogP contribution in [0.4, 0.5) is 0 Å². The summed E-state index contributed by atoms with van der Waals surface area (Å²) in [5, 5.41) is 0.743. The van der Waals surface area contributed by atoms with Gasteiger partial charge in [0.2, 0.25) is 0 Å². The van der Waals surface area contributed by atoms with Crippen LogP contribution in [0.15, 0.2) is 81.7 Å². The Bertz CT molecular complexity index is 1170. The number of esters is 1. The molecule has 0 saturated heterocycles. The molecule has 0 aliphatic carbocycles. The molecule has 0 spiro atoms. The lowest BCUT2D eigenvalue weighted by Gasteiger charge is -2.11. The topological polar surface area (TPSA) is 39.2 Å². The van der Waals surface area contributed by atoms with Crippen molar-refractivity contribution in [3.8, 4) is 17.0 Å². The second-order valence-corrected chi connectivity index (χ2v) is 8.26. The maximum absolute atomic E-state index is 13.0. The van der Waals surface area contributed by atoms with Gasteiger partial charge in [-0.2, -0.15) is 0 Å². The SMILES string of the molecule is Cc1ccc(OC(=O)c2cc(-c3ccc(Br)cc3)nc3ccc(Br)cc23)cc1. The molecule has 0 atom stereocenters. The molecule has 4 rings (SSSR count). The van der Waals surface area contributed by atoms with Gasteiger partial charge in [0, 0.05) is 19.9 Å². The van der Waals surface area contributed by atoms with E-state index in [-0.39, 0.29) is 0 Å². The lowest BCUT2D eigenvalue weighted by Crippen LogP contribution is -2.10. The highest BCUT2D eigenvalue weighted by Gasteiger charge is 2.16. The highest BCUT2D eigenvalue weighted by Crippen LogP contribution is 2.29. The Kier molecular flexibility index (Phi) is 5.29. The van der Waals surface area contributed by atoms with Gasteiger partial charge < -0.3 is 4.74 Å². The van der Waals surface area contributed by atoms with Gasteiger partial charge in [-0.1, -0.05) is 61.7 Å². The van der Waals surface area contributed by atoms with Gasteiger partial charge in [-0.15, -0.1) is 0 Å². The molecule has 0 radical (unpaired) electrons. The number of nitrogens with zero attached hydrogens (tertiary/aromatic N) is 1. The number of fused-ring (bicyclic) bond motifs is 1. The van der Waals surface area contributed by atoms with Crippen LogP contribution in [0.5, 0.6) is 5.75 Å². The van der Waals surface area contributed by atoms with Crippen LogP contribution < -0.4 is 4.74 Å². The Balaban J connectivity index is 1.82. The minimum atomic E-state index is -0.410. The second-order valence-electron chi connectivity index (χ2n) is 6.43. The van der Waals surface area contributed by atoms with Crippen LogP contribution in [-0.4, -0.2) is 11.0 Å². The quantitative estimate of drug-likeness (QED) is 0.227. The summed E-state index contributed by atoms with van der Waals surface area (Å²) in [5.74, 6) is 0.105. The fourth-order valence-corrected chi connectivity index (χ4v) is 3.53. The second kappa shape index (κ2) is 7.86. The molecule has 0 saturated carbocycles. The predicted molar refractivity (Wildman–Crippen MR) is 119 cm³/mol. The van der Waals surface area contributed by atoms with Gasteiger partial charge in [0.05, 0.1) is 16.8 Å². The maximum atomic E-state index is 13.0. The third kappa shape index (κ3) is 4.01. The molecular formula is C23H15Br2NO2. The first-order valence-corrected chi connectivity index (χ1v) is 10.2. The van der Waals surface area contributed by atoms with E-state index in [1.54, 1.807) is 18.2 Å². The maximum Gasteiger partial charge on any atom is 0.344 e. The van der Waals surface area contributed by atoms with Gasteiger partial charge in [-0.25, -0.2) is 9.78 Å². The summed E-state index contributed by atoms with van der Waals surface area (Å²) in [5.41, 5.74) is 3.97. The lowest BCUT2D eigenvalue weighted by atomic mass is 10.0. The van der Waals surface area contributed by atoms with Gasteiger partial charge in [-0.3, -0.25) is 0 Å². The standard InChI is InChI=1S/C23H15Br2NO2/c1-14-2-9-18(10-3-14)28-23(27)20-13-22(15-4-6-16(24)7-5-15)26-21-11-8-17(25)12-19(20)21/h2-13H,1H3. The zero-order valence-corrected chi connectivity index (χ0v) is 18.1. The summed E-state index contributed by atoms with van der Waals surface area (Å²) >= 11 is 6.92. The van der Waals surface area contributed by atoms with Crippen molar-refractivity contribution in [3.05, 3.63) is 92.9 Å². The first kappa shape index (κ1) is 18.8. The molecule has 0 unspecified atom stereocenters. The zero-order valence-electron chi connectivity index (χ0n) is 14.9. The Labute approximate surface area is 179 Å². The van der Waals surface area contributed by atoms with Gasteiger partial charge in [-0.05, 0) is 55.5 Å². The van der Waals surface area contributed by atoms with Crippen molar-refractivity contribution in [2.45, 2.75) is 6.92 Å². The molecule has 0 bridgehead atoms. The highest BCUT2D eigenvalue weighted by molar-refractivity contribution is 9.10. The van der Waals surface area contributed by atoms with Crippen LogP contribution in [0.1, 0.15) is 15.9 Å². The van der Waals surface area contributed by atoms with Crippen molar-refractivity contribution in [1.29, 1.82) is 0 Å². The van der Waals surface area contributed by atoms with Crippen molar-refractivity contribution in [2.75, 3.05) is 0 Å². The summed E-state index contributed by atoms with van der Waals surface area (Å²) in [6.45, 7) is 1.99. The molecule has 1 heterocycles. The smallest absolute Gasteiger partial charge is 0.344 e. The number of carbonyl (C=O) groups is 1. The van der Waals surface area contributed by atoms with Crippen LogP contribution in [0, 0.1) is 6.92 Å². The number of rotatable bonds is 3. The number of benzene rings is 3. The molecule has 3 aromatic carbocycles. The number of pyridine rings is 1. The summed E-state index contributed by atoms with van der Waals surface area (Å²) in [6.07, 6.45) is 0. The van der Waals surface area contributed by atoms with Crippen molar-refractivity contribution < 1.29 is 9.53 Å². The number of hydrogen-bond donors (Lipinski definition) is 0. The Morgan fingerprint density at radius 2 is 1.54 bits per heavy atom. The molecule has 1 aromatic heterocycles. The van der Waals surface area contributed by atoms with Crippen molar-refractivity contribution in [3.63, 3.8) is 0 Å². The fourth-order valence-electron chi connectivity index (χ4n) is 2.90. The Hall–Kier alpha value is -2.50. The number of ether oxygens (including phenoxy) is 1. The Morgan fingerprint density at radius 3 is 2.25 bits per heavy atom. The van der Waals surface area contributed by atoms with Crippen LogP contribution >= 0.6 is 31.9 Å². The predicted octanol–water partition coefficient (Wildman–Crippen LogP) is 6.95. The third-order valence-corrected chi connectivity index (χ3v) is 5.38. The summed E-state index contributed by atoms with van der Waals surface area (Å²) in [6, 6.07) is 22.7. The zero-order chi connectivity index (χ0) is 19.7. The van der Waals surface area contributed by atoms with E-state index >= 15 is 0 Å². The highest BCUT2D eigenvalue weighted by atomic mass is 79.9. The largest absolute Gasteiger partial charge is 0.423 e. The van der Waals surface area contributed by atoms with E-state index in [1.807, 2.05) is 61.5 Å². The molecule has 4 aromatic rings. The van der Waals surface area contributed by atoms with E-state index in [4.69, 9.17) is 9.72 Å². The molecule has 0 N–H and O–H groups in total. The normalized spacial score (nSPS) is 10.8. The molecule has 0 aliphatic heterocycles. The van der Waals surface area contributed by atoms with Crippen molar-refractivity contribution >= 4 is 48.7 Å². The molecular weight excluding hydrogens is 482 g/mol. The number of hydrogen-bond acceptors (Lipinski definition) is 3. The molecule has 3 nitrogen and oxygen atoms in total. The van der Waals surface area contributed by atoms with E-state index < -0.39 is 5.97 Å². The average molecular weight is 497 g/mol. The Morgan fingerprint density at radius 1 is 0.857 bits per heavy atom. The van der Waals surface area contributed by atoms with Crippen LogP contribution in [-0.2, 0) is 0 Å². The number of aromatic nitrogens is 1. The van der Waals surface area contributed by atoms with E-state index in [0.29, 0.717) is 11.3 Å². The van der Waals surface area contributed by atoms with Crippen LogP contribution in [0.25, 0.3) is 22.2 Å². The van der Waals surface area contributed by atoms with Crippen LogP contribution in [0.3, 0.4) is 0 Å². The first-order chi connectivity index (χ1) is 13.5. The summed E-state index contributed by atoms with van der Waals surface area (Å²) in [7, 11) is 0. The van der Waals surface area contributed by atoms with E-state index in [9.17, 15) is 4.79 Å². The monoisotopic (exact) mass is 495 g/mol. The number of carbonyl (C=O) groups excluding carboxylic acids is 1. The van der Waals surface area contributed by atoms with Gasteiger partial charge in [0.1, 0.15) is 5.75 Å². The molecule has 138 valence electrons. The van der Waals surface area contributed by atoms with E-state index in [1.165, 1.54) is 0 Å². The van der Waals surface area contributed by atoms with Crippen molar-refractivity contribution in [2.24, 2.45) is 0 Å². The van der Waals surface area contributed by atoms with Crippen molar-refractivity contribution in [1.82, 2.24) is 4.98 Å². The van der Waals surface area contributed by atoms with Gasteiger partial charge in [0.15, 0.2) is 0 Å². The third-order valence-electron chi connectivity index (χ3n) is 4.36. The molecule has 28 heavy (non-hydrogen) atoms. The van der Waals surface area contributed by atoms with E-state index in [2.05, 4.69) is 31.9 Å². The minimum Gasteiger partial charge on any atom is -0.423 e. The number of halogens is 2. The molecule has 5 heteroatoms. The molecule has 0 aliphatic rings. The van der Waals surface area contributed by atoms with E-state index in [0.717, 1.165) is 36.7 Å². The minimum absolute atomic E-state index is 0.410. The summed E-state index contributed by atoms with van der Waals surface area (Å²) in [4.78, 5) is 17.7. The molecule has 0 amide bonds. The molecule has 0 fully saturated rings.